The van der Waals surface area contributed by atoms with Gasteiger partial charge < -0.3 is 10.7 Å². The highest BCUT2D eigenvalue weighted by Gasteiger charge is 2.29. The molecule has 4 nitrogen and oxygen atoms in total. The SMILES string of the molecule is CC.CCCCCCC(C)CC.Cc1c[nH]cc(C2c3ccccc3C(N)CCN2C)c1=O. The Morgan fingerprint density at radius 2 is 1.73 bits per heavy atom. The van der Waals surface area contributed by atoms with Gasteiger partial charge in [0.2, 0.25) is 0 Å². The lowest BCUT2D eigenvalue weighted by Crippen LogP contribution is -2.30. The Kier molecular flexibility index (Phi) is 14.0. The van der Waals surface area contributed by atoms with E-state index in [-0.39, 0.29) is 17.5 Å². The summed E-state index contributed by atoms with van der Waals surface area (Å²) in [5.41, 5.74) is 10.2. The molecule has 186 valence electrons. The van der Waals surface area contributed by atoms with E-state index in [9.17, 15) is 4.79 Å². The minimum Gasteiger partial charge on any atom is -0.367 e. The lowest BCUT2D eigenvalue weighted by Gasteiger charge is -2.27. The van der Waals surface area contributed by atoms with E-state index >= 15 is 0 Å². The first-order valence-electron chi connectivity index (χ1n) is 13.1. The second-order valence-corrected chi connectivity index (χ2v) is 9.19. The first-order chi connectivity index (χ1) is 15.9. The van der Waals surface area contributed by atoms with Crippen LogP contribution < -0.4 is 11.2 Å². The van der Waals surface area contributed by atoms with E-state index in [0.717, 1.165) is 41.1 Å². The molecule has 33 heavy (non-hydrogen) atoms. The molecule has 3 rings (SSSR count). The second-order valence-electron chi connectivity index (χ2n) is 9.19. The number of H-pyrrole nitrogens is 1. The summed E-state index contributed by atoms with van der Waals surface area (Å²) in [5, 5.41) is 0. The molecule has 1 aromatic heterocycles. The van der Waals surface area contributed by atoms with Crippen LogP contribution >= 0.6 is 0 Å². The van der Waals surface area contributed by atoms with Gasteiger partial charge in [0, 0.05) is 36.1 Å². The van der Waals surface area contributed by atoms with Crippen LogP contribution in [-0.4, -0.2) is 23.5 Å². The van der Waals surface area contributed by atoms with Crippen LogP contribution in [0.1, 0.15) is 114 Å². The molecule has 1 aromatic carbocycles. The van der Waals surface area contributed by atoms with Gasteiger partial charge in [-0.3, -0.25) is 9.69 Å². The molecule has 0 saturated carbocycles. The molecule has 2 heterocycles. The van der Waals surface area contributed by atoms with Gasteiger partial charge in [0.25, 0.3) is 0 Å². The first-order valence-corrected chi connectivity index (χ1v) is 13.1. The highest BCUT2D eigenvalue weighted by molar-refractivity contribution is 5.40. The molecule has 1 aliphatic heterocycles. The molecule has 1 aliphatic rings. The summed E-state index contributed by atoms with van der Waals surface area (Å²) in [5.74, 6) is 0.955. The molecule has 0 bridgehead atoms. The zero-order valence-electron chi connectivity index (χ0n) is 22.3. The van der Waals surface area contributed by atoms with Crippen molar-refractivity contribution < 1.29 is 0 Å². The summed E-state index contributed by atoms with van der Waals surface area (Å²) in [6.45, 7) is 13.6. The summed E-state index contributed by atoms with van der Waals surface area (Å²) >= 11 is 0. The standard InChI is InChI=1S/C17H21N3O.C10H22.C2H6/c1-11-9-19-10-14(17(11)21)16-13-6-4-3-5-12(13)15(18)7-8-20(16)2;1-4-6-7-8-9-10(3)5-2;1-2/h3-6,9-10,15-16H,7-8,18H2,1-2H3,(H,19,21);10H,4-9H2,1-3H3;1-2H3. The summed E-state index contributed by atoms with van der Waals surface area (Å²) in [6, 6.07) is 8.18. The van der Waals surface area contributed by atoms with Gasteiger partial charge in [0.1, 0.15) is 0 Å². The van der Waals surface area contributed by atoms with E-state index < -0.39 is 0 Å². The lowest BCUT2D eigenvalue weighted by atomic mass is 9.92. The number of hydrogen-bond donors (Lipinski definition) is 2. The van der Waals surface area contributed by atoms with Gasteiger partial charge in [-0.2, -0.15) is 0 Å². The molecule has 0 fully saturated rings. The normalized spacial score (nSPS) is 18.7. The van der Waals surface area contributed by atoms with Crippen molar-refractivity contribution in [2.75, 3.05) is 13.6 Å². The third-order valence-corrected chi connectivity index (χ3v) is 6.62. The van der Waals surface area contributed by atoms with Crippen molar-refractivity contribution in [1.29, 1.82) is 0 Å². The summed E-state index contributed by atoms with van der Waals surface area (Å²) in [7, 11) is 2.06. The maximum absolute atomic E-state index is 12.5. The number of pyridine rings is 1. The predicted molar refractivity (Wildman–Crippen MR) is 144 cm³/mol. The number of nitrogens with one attached hydrogen (secondary N) is 1. The highest BCUT2D eigenvalue weighted by Crippen LogP contribution is 2.34. The smallest absolute Gasteiger partial charge is 0.189 e. The third kappa shape index (κ3) is 8.75. The monoisotopic (exact) mass is 455 g/mol. The van der Waals surface area contributed by atoms with Crippen LogP contribution in [-0.2, 0) is 0 Å². The Morgan fingerprint density at radius 1 is 1.06 bits per heavy atom. The van der Waals surface area contributed by atoms with Crippen molar-refractivity contribution >= 4 is 0 Å². The zero-order chi connectivity index (χ0) is 24.8. The van der Waals surface area contributed by atoms with Crippen LogP contribution in [0.3, 0.4) is 0 Å². The lowest BCUT2D eigenvalue weighted by molar-refractivity contribution is 0.278. The fourth-order valence-electron chi connectivity index (χ4n) is 4.31. The van der Waals surface area contributed by atoms with Gasteiger partial charge >= 0.3 is 0 Å². The average Bonchev–Trinajstić information content (AvgIpc) is 2.96. The first kappa shape index (κ1) is 29.1. The molecule has 3 unspecified atom stereocenters. The van der Waals surface area contributed by atoms with Gasteiger partial charge in [0.15, 0.2) is 5.43 Å². The molecular formula is C29H49N3O. The Hall–Kier alpha value is -1.91. The van der Waals surface area contributed by atoms with Crippen LogP contribution in [0.4, 0.5) is 0 Å². The number of aromatic nitrogens is 1. The molecule has 0 saturated heterocycles. The van der Waals surface area contributed by atoms with Crippen LogP contribution in [0.15, 0.2) is 41.5 Å². The molecule has 3 atom stereocenters. The maximum Gasteiger partial charge on any atom is 0.189 e. The van der Waals surface area contributed by atoms with Crippen molar-refractivity contribution in [1.82, 2.24) is 9.88 Å². The Balaban J connectivity index is 0.000000386. The Bertz CT molecular complexity index is 845. The quantitative estimate of drug-likeness (QED) is 0.436. The van der Waals surface area contributed by atoms with Crippen LogP contribution in [0.2, 0.25) is 0 Å². The van der Waals surface area contributed by atoms with Gasteiger partial charge in [-0.15, -0.1) is 0 Å². The van der Waals surface area contributed by atoms with E-state index in [1.54, 1.807) is 6.20 Å². The minimum atomic E-state index is -0.0431. The largest absolute Gasteiger partial charge is 0.367 e. The van der Waals surface area contributed by atoms with Gasteiger partial charge in [-0.25, -0.2) is 0 Å². The van der Waals surface area contributed by atoms with Crippen LogP contribution in [0, 0.1) is 12.8 Å². The van der Waals surface area contributed by atoms with Crippen molar-refractivity contribution in [3.05, 3.63) is 69.1 Å². The number of benzene rings is 1. The topological polar surface area (TPSA) is 62.1 Å². The van der Waals surface area contributed by atoms with Crippen molar-refractivity contribution in [3.8, 4) is 0 Å². The Morgan fingerprint density at radius 3 is 2.36 bits per heavy atom. The predicted octanol–water partition coefficient (Wildman–Crippen LogP) is 7.14. The molecule has 0 spiro atoms. The van der Waals surface area contributed by atoms with E-state index in [0.29, 0.717) is 0 Å². The maximum atomic E-state index is 12.5. The van der Waals surface area contributed by atoms with Gasteiger partial charge in [-0.1, -0.05) is 97.4 Å². The fourth-order valence-corrected chi connectivity index (χ4v) is 4.31. The molecular weight excluding hydrogens is 406 g/mol. The number of nitrogens with zero attached hydrogens (tertiary/aromatic N) is 1. The number of hydrogen-bond acceptors (Lipinski definition) is 3. The van der Waals surface area contributed by atoms with Crippen molar-refractivity contribution in [2.24, 2.45) is 11.7 Å². The van der Waals surface area contributed by atoms with Gasteiger partial charge in [0.05, 0.1) is 6.04 Å². The molecule has 0 amide bonds. The van der Waals surface area contributed by atoms with Crippen molar-refractivity contribution in [3.63, 3.8) is 0 Å². The summed E-state index contributed by atoms with van der Waals surface area (Å²) in [6.07, 6.45) is 12.9. The van der Waals surface area contributed by atoms with Crippen LogP contribution in [0.5, 0.6) is 0 Å². The number of unbranched alkanes of at least 4 members (excludes halogenated alkanes) is 3. The van der Waals surface area contributed by atoms with E-state index in [2.05, 4.69) is 49.8 Å². The molecule has 0 radical (unpaired) electrons. The van der Waals surface area contributed by atoms with E-state index in [4.69, 9.17) is 5.73 Å². The number of nitrogens with two attached hydrogens (primary N) is 1. The van der Waals surface area contributed by atoms with Crippen LogP contribution in [0.25, 0.3) is 0 Å². The number of rotatable bonds is 7. The third-order valence-electron chi connectivity index (χ3n) is 6.62. The molecule has 2 aromatic rings. The molecule has 0 aliphatic carbocycles. The summed E-state index contributed by atoms with van der Waals surface area (Å²) in [4.78, 5) is 17.8. The highest BCUT2D eigenvalue weighted by atomic mass is 16.1. The molecule has 4 heteroatoms. The average molecular weight is 456 g/mol. The Labute approximate surface area is 203 Å². The number of aromatic amines is 1. The number of fused-ring (bicyclic) bond motifs is 1. The van der Waals surface area contributed by atoms with E-state index in [1.165, 1.54) is 38.5 Å². The fraction of sp³-hybridized carbons (Fsp3) is 0.621. The van der Waals surface area contributed by atoms with Crippen molar-refractivity contribution in [2.45, 2.75) is 98.6 Å². The minimum absolute atomic E-state index is 0.0255. The van der Waals surface area contributed by atoms with Gasteiger partial charge in [-0.05, 0) is 37.4 Å². The number of aryl methyl sites for hydroxylation is 1. The zero-order valence-corrected chi connectivity index (χ0v) is 22.3. The second kappa shape index (κ2) is 15.8. The molecule has 3 N–H and O–H groups in total. The van der Waals surface area contributed by atoms with E-state index in [1.807, 2.05) is 39.1 Å². The summed E-state index contributed by atoms with van der Waals surface area (Å²) < 4.78 is 0.